The Hall–Kier alpha value is -2.81. The largest absolute Gasteiger partial charge is 0.323 e. The molecule has 0 unspecified atom stereocenters. The first-order chi connectivity index (χ1) is 10.6. The second kappa shape index (κ2) is 5.90. The number of carbonyl (C=O) groups is 1. The van der Waals surface area contributed by atoms with E-state index in [1.807, 2.05) is 74.5 Å². The lowest BCUT2D eigenvalue weighted by atomic mass is 10.1. The van der Waals surface area contributed by atoms with Crippen LogP contribution in [0.25, 0.3) is 10.8 Å². The van der Waals surface area contributed by atoms with E-state index in [1.54, 1.807) is 0 Å². The first-order valence-corrected chi connectivity index (χ1v) is 7.27. The highest BCUT2D eigenvalue weighted by atomic mass is 16.2. The molecule has 22 heavy (non-hydrogen) atoms. The number of anilines is 2. The SMILES string of the molecule is Cc1cccc(NC(=O)Nc2cccc3ccccc23)c1C. The quantitative estimate of drug-likeness (QED) is 0.677. The van der Waals surface area contributed by atoms with E-state index < -0.39 is 0 Å². The van der Waals surface area contributed by atoms with Crippen LogP contribution in [0.3, 0.4) is 0 Å². The molecule has 0 atom stereocenters. The maximum Gasteiger partial charge on any atom is 0.323 e. The number of nitrogens with one attached hydrogen (secondary N) is 2. The van der Waals surface area contributed by atoms with Gasteiger partial charge in [0.25, 0.3) is 0 Å². The summed E-state index contributed by atoms with van der Waals surface area (Å²) >= 11 is 0. The summed E-state index contributed by atoms with van der Waals surface area (Å²) in [7, 11) is 0. The highest BCUT2D eigenvalue weighted by Crippen LogP contribution is 2.23. The van der Waals surface area contributed by atoms with Crippen molar-refractivity contribution in [1.29, 1.82) is 0 Å². The fourth-order valence-corrected chi connectivity index (χ4v) is 2.50. The Morgan fingerprint density at radius 1 is 0.773 bits per heavy atom. The summed E-state index contributed by atoms with van der Waals surface area (Å²) in [4.78, 5) is 12.3. The van der Waals surface area contributed by atoms with E-state index in [2.05, 4.69) is 10.6 Å². The lowest BCUT2D eigenvalue weighted by molar-refractivity contribution is 0.262. The Balaban J connectivity index is 1.83. The maximum absolute atomic E-state index is 12.3. The van der Waals surface area contributed by atoms with Gasteiger partial charge in [0, 0.05) is 11.1 Å². The van der Waals surface area contributed by atoms with E-state index in [9.17, 15) is 4.79 Å². The highest BCUT2D eigenvalue weighted by molar-refractivity contribution is 6.06. The van der Waals surface area contributed by atoms with Crippen LogP contribution in [0.1, 0.15) is 11.1 Å². The van der Waals surface area contributed by atoms with E-state index in [1.165, 1.54) is 0 Å². The monoisotopic (exact) mass is 290 g/mol. The van der Waals surface area contributed by atoms with Gasteiger partial charge in [-0.05, 0) is 42.5 Å². The molecule has 0 saturated heterocycles. The molecule has 110 valence electrons. The van der Waals surface area contributed by atoms with Crippen molar-refractivity contribution in [2.24, 2.45) is 0 Å². The molecule has 0 aliphatic heterocycles. The number of amides is 2. The Bertz CT molecular complexity index is 834. The fourth-order valence-electron chi connectivity index (χ4n) is 2.50. The van der Waals surface area contributed by atoms with Gasteiger partial charge < -0.3 is 10.6 Å². The van der Waals surface area contributed by atoms with Gasteiger partial charge in [-0.3, -0.25) is 0 Å². The molecule has 3 aromatic carbocycles. The average molecular weight is 290 g/mol. The van der Waals surface area contributed by atoms with Crippen molar-refractivity contribution in [3.8, 4) is 0 Å². The predicted molar refractivity (Wildman–Crippen MR) is 92.5 cm³/mol. The van der Waals surface area contributed by atoms with Crippen molar-refractivity contribution < 1.29 is 4.79 Å². The number of aryl methyl sites for hydroxylation is 1. The molecular formula is C19H18N2O. The normalized spacial score (nSPS) is 10.5. The number of fused-ring (bicyclic) bond motifs is 1. The van der Waals surface area contributed by atoms with Gasteiger partial charge in [-0.15, -0.1) is 0 Å². The second-order valence-corrected chi connectivity index (χ2v) is 5.35. The van der Waals surface area contributed by atoms with Gasteiger partial charge in [-0.2, -0.15) is 0 Å². The Morgan fingerprint density at radius 3 is 2.27 bits per heavy atom. The summed E-state index contributed by atoms with van der Waals surface area (Å²) in [6, 6.07) is 19.5. The lowest BCUT2D eigenvalue weighted by Crippen LogP contribution is -2.20. The fraction of sp³-hybridized carbons (Fsp3) is 0.105. The van der Waals surface area contributed by atoms with Crippen LogP contribution in [0.4, 0.5) is 16.2 Å². The van der Waals surface area contributed by atoms with E-state index in [0.717, 1.165) is 33.3 Å². The molecule has 2 N–H and O–H groups in total. The van der Waals surface area contributed by atoms with E-state index in [0.29, 0.717) is 0 Å². The molecule has 0 radical (unpaired) electrons. The number of hydrogen-bond acceptors (Lipinski definition) is 1. The first-order valence-electron chi connectivity index (χ1n) is 7.27. The van der Waals surface area contributed by atoms with E-state index >= 15 is 0 Å². The zero-order valence-electron chi connectivity index (χ0n) is 12.7. The molecule has 3 heteroatoms. The van der Waals surface area contributed by atoms with Crippen LogP contribution in [0.15, 0.2) is 60.7 Å². The van der Waals surface area contributed by atoms with Crippen LogP contribution in [0, 0.1) is 13.8 Å². The van der Waals surface area contributed by atoms with Gasteiger partial charge in [0.2, 0.25) is 0 Å². The second-order valence-electron chi connectivity index (χ2n) is 5.35. The summed E-state index contributed by atoms with van der Waals surface area (Å²) in [5.41, 5.74) is 3.87. The highest BCUT2D eigenvalue weighted by Gasteiger charge is 2.07. The summed E-state index contributed by atoms with van der Waals surface area (Å²) in [5, 5.41) is 7.98. The van der Waals surface area contributed by atoms with Gasteiger partial charge in [0.05, 0.1) is 5.69 Å². The molecule has 3 nitrogen and oxygen atoms in total. The van der Waals surface area contributed by atoms with Gasteiger partial charge in [0.1, 0.15) is 0 Å². The topological polar surface area (TPSA) is 41.1 Å². The maximum atomic E-state index is 12.3. The summed E-state index contributed by atoms with van der Waals surface area (Å²) in [6.07, 6.45) is 0. The predicted octanol–water partition coefficient (Wildman–Crippen LogP) is 5.10. The molecule has 2 amide bonds. The van der Waals surface area contributed by atoms with Crippen molar-refractivity contribution in [1.82, 2.24) is 0 Å². The zero-order chi connectivity index (χ0) is 15.5. The molecule has 0 aliphatic carbocycles. The van der Waals surface area contributed by atoms with Crippen molar-refractivity contribution in [2.45, 2.75) is 13.8 Å². The molecule has 0 bridgehead atoms. The first kappa shape index (κ1) is 14.1. The number of rotatable bonds is 2. The van der Waals surface area contributed by atoms with Crippen LogP contribution < -0.4 is 10.6 Å². The summed E-state index contributed by atoms with van der Waals surface area (Å²) in [5.74, 6) is 0. The smallest absolute Gasteiger partial charge is 0.307 e. The molecule has 3 rings (SSSR count). The van der Waals surface area contributed by atoms with Crippen LogP contribution in [-0.4, -0.2) is 6.03 Å². The lowest BCUT2D eigenvalue weighted by Gasteiger charge is -2.12. The molecule has 0 aromatic heterocycles. The molecule has 0 saturated carbocycles. The van der Waals surface area contributed by atoms with E-state index in [-0.39, 0.29) is 6.03 Å². The Morgan fingerprint density at radius 2 is 1.41 bits per heavy atom. The number of carbonyl (C=O) groups excluding carboxylic acids is 1. The van der Waals surface area contributed by atoms with Crippen LogP contribution in [-0.2, 0) is 0 Å². The van der Waals surface area contributed by atoms with Gasteiger partial charge >= 0.3 is 6.03 Å². The van der Waals surface area contributed by atoms with Crippen molar-refractivity contribution in [3.63, 3.8) is 0 Å². The average Bonchev–Trinajstić information content (AvgIpc) is 2.52. The third kappa shape index (κ3) is 2.79. The number of hydrogen-bond donors (Lipinski definition) is 2. The minimum absolute atomic E-state index is 0.231. The van der Waals surface area contributed by atoms with Crippen molar-refractivity contribution in [2.75, 3.05) is 10.6 Å². The third-order valence-electron chi connectivity index (χ3n) is 3.89. The standard InChI is InChI=1S/C19H18N2O/c1-13-7-5-11-17(14(13)2)20-19(22)21-18-12-6-9-15-8-3-4-10-16(15)18/h3-12H,1-2H3,(H2,20,21,22). The third-order valence-corrected chi connectivity index (χ3v) is 3.89. The molecule has 0 heterocycles. The van der Waals surface area contributed by atoms with Gasteiger partial charge in [-0.1, -0.05) is 48.5 Å². The molecular weight excluding hydrogens is 272 g/mol. The van der Waals surface area contributed by atoms with Crippen LogP contribution in [0.5, 0.6) is 0 Å². The summed E-state index contributed by atoms with van der Waals surface area (Å²) in [6.45, 7) is 4.03. The van der Waals surface area contributed by atoms with Gasteiger partial charge in [0.15, 0.2) is 0 Å². The van der Waals surface area contributed by atoms with Crippen molar-refractivity contribution in [3.05, 3.63) is 71.8 Å². The number of benzene rings is 3. The molecule has 0 spiro atoms. The number of urea groups is 1. The molecule has 0 fully saturated rings. The zero-order valence-corrected chi connectivity index (χ0v) is 12.7. The molecule has 3 aromatic rings. The molecule has 0 aliphatic rings. The van der Waals surface area contributed by atoms with Crippen molar-refractivity contribution >= 4 is 28.2 Å². The van der Waals surface area contributed by atoms with E-state index in [4.69, 9.17) is 0 Å². The Kier molecular flexibility index (Phi) is 3.79. The minimum atomic E-state index is -0.231. The van der Waals surface area contributed by atoms with Gasteiger partial charge in [-0.25, -0.2) is 4.79 Å². The van der Waals surface area contributed by atoms with Crippen LogP contribution >= 0.6 is 0 Å². The minimum Gasteiger partial charge on any atom is -0.307 e. The Labute approximate surface area is 130 Å². The van der Waals surface area contributed by atoms with Crippen LogP contribution in [0.2, 0.25) is 0 Å². The summed E-state index contributed by atoms with van der Waals surface area (Å²) < 4.78 is 0.